The van der Waals surface area contributed by atoms with Gasteiger partial charge in [-0.25, -0.2) is 31.3 Å². The van der Waals surface area contributed by atoms with E-state index in [1.54, 1.807) is 6.07 Å². The molecule has 2 aliphatic rings. The Morgan fingerprint density at radius 1 is 0.957 bits per heavy atom. The first kappa shape index (κ1) is 33.4. The van der Waals surface area contributed by atoms with Crippen LogP contribution in [0.15, 0.2) is 48.8 Å². The molecule has 0 saturated carbocycles. The van der Waals surface area contributed by atoms with Gasteiger partial charge in [0.2, 0.25) is 0 Å². The fourth-order valence-electron chi connectivity index (χ4n) is 5.66. The Kier molecular flexibility index (Phi) is 9.88. The predicted molar refractivity (Wildman–Crippen MR) is 155 cm³/mol. The van der Waals surface area contributed by atoms with E-state index in [4.69, 9.17) is 14.2 Å². The van der Waals surface area contributed by atoms with Gasteiger partial charge in [-0.05, 0) is 18.2 Å². The van der Waals surface area contributed by atoms with Gasteiger partial charge in [-0.15, -0.1) is 22.0 Å². The number of benzene rings is 2. The smallest absolute Gasteiger partial charge is 0.263 e. The number of methoxy groups -OCH3 is 1. The van der Waals surface area contributed by atoms with E-state index in [-0.39, 0.29) is 30.0 Å². The second kappa shape index (κ2) is 13.9. The quantitative estimate of drug-likeness (QED) is 0.177. The molecule has 4 heterocycles. The summed E-state index contributed by atoms with van der Waals surface area (Å²) in [5.41, 5.74) is -0.447. The lowest BCUT2D eigenvalue weighted by Gasteiger charge is -2.45. The molecule has 252 valence electrons. The van der Waals surface area contributed by atoms with Crippen molar-refractivity contribution in [3.8, 4) is 22.5 Å². The molecule has 2 fully saturated rings. The molecular formula is C29H29F5N6O6S. The van der Waals surface area contributed by atoms with Crippen LogP contribution in [0.25, 0.3) is 22.5 Å². The molecule has 0 bridgehead atoms. The molecule has 47 heavy (non-hydrogen) atoms. The minimum absolute atomic E-state index is 0.0202. The van der Waals surface area contributed by atoms with Crippen LogP contribution in [0.3, 0.4) is 0 Å². The van der Waals surface area contributed by atoms with Gasteiger partial charge in [0, 0.05) is 23.8 Å². The van der Waals surface area contributed by atoms with Gasteiger partial charge in [0.1, 0.15) is 47.2 Å². The number of thioether (sulfide) groups is 1. The van der Waals surface area contributed by atoms with Crippen LogP contribution in [-0.2, 0) is 14.2 Å². The van der Waals surface area contributed by atoms with E-state index in [0.29, 0.717) is 11.3 Å². The molecule has 0 amide bonds. The molecular weight excluding hydrogens is 655 g/mol. The molecule has 8 atom stereocenters. The van der Waals surface area contributed by atoms with E-state index >= 15 is 0 Å². The number of alkyl halides is 2. The van der Waals surface area contributed by atoms with Gasteiger partial charge in [-0.3, -0.25) is 0 Å². The summed E-state index contributed by atoms with van der Waals surface area (Å²) in [7, 11) is 1.36. The van der Waals surface area contributed by atoms with Crippen molar-refractivity contribution in [2.45, 2.75) is 53.6 Å². The highest BCUT2D eigenvalue weighted by molar-refractivity contribution is 8.00. The number of halogens is 5. The first-order chi connectivity index (χ1) is 22.6. The van der Waals surface area contributed by atoms with Gasteiger partial charge < -0.3 is 29.5 Å². The standard InChI is InChI=1S/C29H29F5N6O6S/c1-44-27-24(40-9-19(36-38-40)15-6-16(30)23(32)17(31)7-15)26(43)21(10-41)46-29(27)47-22-12-45-11-20(25(22)42)39-8-18(35-37-39)13-3-2-4-14(5-13)28(33)34/h2-9,20-22,24-29,41-43H,10-12H2,1H3. The molecule has 18 heteroatoms. The molecule has 6 rings (SSSR count). The van der Waals surface area contributed by atoms with E-state index in [1.165, 1.54) is 47.1 Å². The van der Waals surface area contributed by atoms with Crippen molar-refractivity contribution in [1.82, 2.24) is 30.0 Å². The molecule has 8 unspecified atom stereocenters. The number of nitrogens with zero attached hydrogens (tertiary/aromatic N) is 6. The van der Waals surface area contributed by atoms with Crippen molar-refractivity contribution in [2.75, 3.05) is 26.9 Å². The molecule has 0 radical (unpaired) electrons. The zero-order chi connectivity index (χ0) is 33.4. The molecule has 0 spiro atoms. The lowest BCUT2D eigenvalue weighted by Crippen LogP contribution is -2.56. The third kappa shape index (κ3) is 6.63. The summed E-state index contributed by atoms with van der Waals surface area (Å²) in [4.78, 5) is 0. The Balaban J connectivity index is 1.22. The number of aromatic nitrogens is 6. The van der Waals surface area contributed by atoms with E-state index in [9.17, 15) is 37.3 Å². The fraction of sp³-hybridized carbons (Fsp3) is 0.448. The fourth-order valence-corrected chi connectivity index (χ4v) is 7.16. The molecule has 2 aliphatic heterocycles. The summed E-state index contributed by atoms with van der Waals surface area (Å²) in [6.07, 6.45) is -4.37. The Morgan fingerprint density at radius 3 is 2.32 bits per heavy atom. The summed E-state index contributed by atoms with van der Waals surface area (Å²) in [6.45, 7) is -0.436. The summed E-state index contributed by atoms with van der Waals surface area (Å²) >= 11 is 1.13. The van der Waals surface area contributed by atoms with Crippen molar-refractivity contribution < 1.29 is 51.5 Å². The summed E-state index contributed by atoms with van der Waals surface area (Å²) in [5.74, 6) is -4.46. The zero-order valence-electron chi connectivity index (χ0n) is 24.5. The average Bonchev–Trinajstić information content (AvgIpc) is 3.76. The van der Waals surface area contributed by atoms with E-state index in [0.717, 1.165) is 23.9 Å². The first-order valence-corrected chi connectivity index (χ1v) is 15.3. The lowest BCUT2D eigenvalue weighted by molar-refractivity contribution is -0.186. The normalized spacial score (nSPS) is 28.2. The molecule has 2 aromatic heterocycles. The summed E-state index contributed by atoms with van der Waals surface area (Å²) < 4.78 is 87.8. The average molecular weight is 685 g/mol. The Morgan fingerprint density at radius 2 is 1.64 bits per heavy atom. The number of hydrogen-bond acceptors (Lipinski definition) is 11. The molecule has 3 N–H and O–H groups in total. The molecule has 0 aliphatic carbocycles. The number of hydrogen-bond donors (Lipinski definition) is 3. The minimum atomic E-state index is -2.66. The van der Waals surface area contributed by atoms with Gasteiger partial charge in [0.25, 0.3) is 6.43 Å². The van der Waals surface area contributed by atoms with Crippen molar-refractivity contribution in [3.63, 3.8) is 0 Å². The zero-order valence-corrected chi connectivity index (χ0v) is 25.3. The van der Waals surface area contributed by atoms with Gasteiger partial charge in [-0.2, -0.15) is 0 Å². The highest BCUT2D eigenvalue weighted by Gasteiger charge is 2.49. The van der Waals surface area contributed by atoms with E-state index < -0.39 is 77.7 Å². The molecule has 4 aromatic rings. The summed E-state index contributed by atoms with van der Waals surface area (Å²) in [6, 6.07) is 5.51. The molecule has 12 nitrogen and oxygen atoms in total. The van der Waals surface area contributed by atoms with Crippen LogP contribution in [0, 0.1) is 17.5 Å². The first-order valence-electron chi connectivity index (χ1n) is 14.3. The molecule has 2 saturated heterocycles. The monoisotopic (exact) mass is 684 g/mol. The van der Waals surface area contributed by atoms with Crippen LogP contribution in [0.2, 0.25) is 0 Å². The van der Waals surface area contributed by atoms with Crippen LogP contribution >= 0.6 is 11.8 Å². The van der Waals surface area contributed by atoms with Crippen LogP contribution < -0.4 is 0 Å². The number of ether oxygens (including phenoxy) is 3. The Labute approximate surface area is 268 Å². The van der Waals surface area contributed by atoms with Crippen LogP contribution in [-0.4, -0.2) is 107 Å². The maximum absolute atomic E-state index is 13.9. The lowest BCUT2D eigenvalue weighted by atomic mass is 9.97. The highest BCUT2D eigenvalue weighted by Crippen LogP contribution is 2.41. The van der Waals surface area contributed by atoms with Crippen molar-refractivity contribution in [1.29, 1.82) is 0 Å². The minimum Gasteiger partial charge on any atom is -0.394 e. The third-order valence-corrected chi connectivity index (χ3v) is 9.54. The van der Waals surface area contributed by atoms with E-state index in [1.807, 2.05) is 0 Å². The third-order valence-electron chi connectivity index (χ3n) is 8.13. The van der Waals surface area contributed by atoms with Crippen LogP contribution in [0.5, 0.6) is 0 Å². The second-order valence-corrected chi connectivity index (χ2v) is 12.4. The van der Waals surface area contributed by atoms with Crippen molar-refractivity contribution in [2.24, 2.45) is 0 Å². The second-order valence-electron chi connectivity index (χ2n) is 11.0. The van der Waals surface area contributed by atoms with Crippen molar-refractivity contribution in [3.05, 3.63) is 71.8 Å². The Bertz CT molecular complexity index is 1680. The maximum Gasteiger partial charge on any atom is 0.263 e. The van der Waals surface area contributed by atoms with Crippen LogP contribution in [0.4, 0.5) is 22.0 Å². The number of aliphatic hydroxyl groups is 3. The topological polar surface area (TPSA) is 150 Å². The van der Waals surface area contributed by atoms with Crippen LogP contribution in [0.1, 0.15) is 24.1 Å². The molecule has 2 aromatic carbocycles. The maximum atomic E-state index is 13.9. The van der Waals surface area contributed by atoms with Gasteiger partial charge in [-0.1, -0.05) is 28.6 Å². The highest BCUT2D eigenvalue weighted by atomic mass is 32.2. The number of rotatable bonds is 9. The number of aliphatic hydroxyl groups excluding tert-OH is 3. The van der Waals surface area contributed by atoms with E-state index in [2.05, 4.69) is 20.6 Å². The largest absolute Gasteiger partial charge is 0.394 e. The Hall–Kier alpha value is -3.52. The SMILES string of the molecule is COC1C(SC2COCC(n3cc(-c4cccc(C(F)F)c4)nn3)C2O)OC(CO)C(O)C1n1cc(-c2cc(F)c(F)c(F)c2)nn1. The summed E-state index contributed by atoms with van der Waals surface area (Å²) in [5, 5.41) is 48.1. The van der Waals surface area contributed by atoms with Gasteiger partial charge >= 0.3 is 0 Å². The predicted octanol–water partition coefficient (Wildman–Crippen LogP) is 2.93. The van der Waals surface area contributed by atoms with Crippen molar-refractivity contribution >= 4 is 11.8 Å². The van der Waals surface area contributed by atoms with Gasteiger partial charge in [0.05, 0.1) is 43.6 Å². The van der Waals surface area contributed by atoms with Gasteiger partial charge in [0.15, 0.2) is 17.5 Å².